The van der Waals surface area contributed by atoms with Crippen molar-refractivity contribution in [1.82, 2.24) is 0 Å². The van der Waals surface area contributed by atoms with E-state index < -0.39 is 5.78 Å². The van der Waals surface area contributed by atoms with Crippen molar-refractivity contribution in [3.05, 3.63) is 47.5 Å². The first-order valence-electron chi connectivity index (χ1n) is 6.66. The maximum Gasteiger partial charge on any atom is 0.193 e. The van der Waals surface area contributed by atoms with Crippen molar-refractivity contribution in [1.29, 1.82) is 0 Å². The number of benzene rings is 2. The molecule has 0 fully saturated rings. The molecule has 0 atom stereocenters. The molecule has 2 aromatic carbocycles. The first-order chi connectivity index (χ1) is 11.0. The van der Waals surface area contributed by atoms with Crippen LogP contribution in [0, 0.1) is 0 Å². The molecular formula is C17H16O6. The molecule has 0 aliphatic rings. The molecule has 2 aromatic rings. The topological polar surface area (TPSA) is 96.2 Å². The van der Waals surface area contributed by atoms with Crippen molar-refractivity contribution < 1.29 is 29.6 Å². The number of phenolic OH excluding ortho intramolecular Hbond substituents is 3. The summed E-state index contributed by atoms with van der Waals surface area (Å²) in [5.41, 5.74) is 0.245. The number of ether oxygens (including phenoxy) is 2. The SMILES string of the molecule is COc1cc(O)c(C(=O)/C=C/c2cccc(O)c2O)c(OC)c1. The van der Waals surface area contributed by atoms with Crippen LogP contribution < -0.4 is 9.47 Å². The number of allylic oxidation sites excluding steroid dienone is 1. The lowest BCUT2D eigenvalue weighted by atomic mass is 10.1. The van der Waals surface area contributed by atoms with Gasteiger partial charge in [0.1, 0.15) is 22.8 Å². The fourth-order valence-corrected chi connectivity index (χ4v) is 2.03. The number of ketones is 1. The van der Waals surface area contributed by atoms with Gasteiger partial charge in [-0.05, 0) is 18.2 Å². The molecule has 0 spiro atoms. The number of methoxy groups -OCH3 is 2. The van der Waals surface area contributed by atoms with E-state index in [4.69, 9.17) is 9.47 Å². The molecule has 0 aliphatic carbocycles. The van der Waals surface area contributed by atoms with Gasteiger partial charge in [-0.3, -0.25) is 4.79 Å². The Morgan fingerprint density at radius 3 is 2.43 bits per heavy atom. The highest BCUT2D eigenvalue weighted by Gasteiger charge is 2.17. The number of aromatic hydroxyl groups is 3. The highest BCUT2D eigenvalue weighted by Crippen LogP contribution is 2.34. The summed E-state index contributed by atoms with van der Waals surface area (Å²) in [6.45, 7) is 0. The summed E-state index contributed by atoms with van der Waals surface area (Å²) in [6, 6.07) is 7.17. The van der Waals surface area contributed by atoms with E-state index in [-0.39, 0.29) is 34.1 Å². The molecule has 3 N–H and O–H groups in total. The Balaban J connectivity index is 2.38. The number of carbonyl (C=O) groups excluding carboxylic acids is 1. The Bertz CT molecular complexity index is 764. The summed E-state index contributed by atoms with van der Waals surface area (Å²) < 4.78 is 10.1. The Hall–Kier alpha value is -3.15. The number of para-hydroxylation sites is 1. The monoisotopic (exact) mass is 316 g/mol. The van der Waals surface area contributed by atoms with E-state index in [2.05, 4.69) is 0 Å². The Morgan fingerprint density at radius 1 is 1.04 bits per heavy atom. The predicted octanol–water partition coefficient (Wildman–Crippen LogP) is 2.72. The van der Waals surface area contributed by atoms with Crippen LogP contribution in [0.5, 0.6) is 28.7 Å². The van der Waals surface area contributed by atoms with Gasteiger partial charge in [0.25, 0.3) is 0 Å². The minimum Gasteiger partial charge on any atom is -0.507 e. The molecule has 2 rings (SSSR count). The van der Waals surface area contributed by atoms with Crippen LogP contribution >= 0.6 is 0 Å². The van der Waals surface area contributed by atoms with Gasteiger partial charge in [-0.1, -0.05) is 12.1 Å². The normalized spacial score (nSPS) is 10.7. The van der Waals surface area contributed by atoms with Crippen LogP contribution in [0.2, 0.25) is 0 Å². The van der Waals surface area contributed by atoms with Crippen molar-refractivity contribution >= 4 is 11.9 Å². The average Bonchev–Trinajstić information content (AvgIpc) is 2.54. The van der Waals surface area contributed by atoms with Crippen LogP contribution in [0.25, 0.3) is 6.08 Å². The fraction of sp³-hybridized carbons (Fsp3) is 0.118. The number of carbonyl (C=O) groups is 1. The van der Waals surface area contributed by atoms with Crippen molar-refractivity contribution in [2.24, 2.45) is 0 Å². The molecular weight excluding hydrogens is 300 g/mol. The molecule has 120 valence electrons. The molecule has 0 radical (unpaired) electrons. The quantitative estimate of drug-likeness (QED) is 0.446. The van der Waals surface area contributed by atoms with Crippen LogP contribution in [-0.2, 0) is 0 Å². The molecule has 6 nitrogen and oxygen atoms in total. The third-order valence-electron chi connectivity index (χ3n) is 3.22. The van der Waals surface area contributed by atoms with Crippen LogP contribution in [0.15, 0.2) is 36.4 Å². The zero-order valence-electron chi connectivity index (χ0n) is 12.6. The van der Waals surface area contributed by atoms with Crippen molar-refractivity contribution in [3.8, 4) is 28.7 Å². The minimum atomic E-state index is -0.523. The second-order valence-corrected chi connectivity index (χ2v) is 4.64. The number of rotatable bonds is 5. The van der Waals surface area contributed by atoms with E-state index in [1.807, 2.05) is 0 Å². The van der Waals surface area contributed by atoms with E-state index in [1.165, 1.54) is 56.7 Å². The molecule has 0 aromatic heterocycles. The molecule has 0 heterocycles. The van der Waals surface area contributed by atoms with Gasteiger partial charge < -0.3 is 24.8 Å². The summed E-state index contributed by atoms with van der Waals surface area (Å²) in [4.78, 5) is 12.3. The van der Waals surface area contributed by atoms with Gasteiger partial charge in [-0.2, -0.15) is 0 Å². The van der Waals surface area contributed by atoms with Crippen LogP contribution in [-0.4, -0.2) is 35.3 Å². The lowest BCUT2D eigenvalue weighted by molar-refractivity contribution is 0.104. The zero-order valence-corrected chi connectivity index (χ0v) is 12.6. The van der Waals surface area contributed by atoms with Gasteiger partial charge in [0, 0.05) is 17.7 Å². The van der Waals surface area contributed by atoms with E-state index >= 15 is 0 Å². The summed E-state index contributed by atoms with van der Waals surface area (Å²) in [5.74, 6) is -0.908. The third-order valence-corrected chi connectivity index (χ3v) is 3.22. The predicted molar refractivity (Wildman–Crippen MR) is 84.3 cm³/mol. The van der Waals surface area contributed by atoms with Crippen molar-refractivity contribution in [3.63, 3.8) is 0 Å². The molecule has 0 unspecified atom stereocenters. The summed E-state index contributed by atoms with van der Waals surface area (Å²) in [5, 5.41) is 29.1. The zero-order chi connectivity index (χ0) is 17.0. The van der Waals surface area contributed by atoms with Gasteiger partial charge in [0.15, 0.2) is 17.3 Å². The Morgan fingerprint density at radius 2 is 1.78 bits per heavy atom. The smallest absolute Gasteiger partial charge is 0.193 e. The first kappa shape index (κ1) is 16.2. The molecule has 0 saturated carbocycles. The minimum absolute atomic E-state index is 0.0239. The second-order valence-electron chi connectivity index (χ2n) is 4.64. The highest BCUT2D eigenvalue weighted by atomic mass is 16.5. The Labute approximate surface area is 132 Å². The van der Waals surface area contributed by atoms with E-state index in [9.17, 15) is 20.1 Å². The van der Waals surface area contributed by atoms with Gasteiger partial charge in [0.2, 0.25) is 0 Å². The first-order valence-corrected chi connectivity index (χ1v) is 6.66. The summed E-state index contributed by atoms with van der Waals surface area (Å²) >= 11 is 0. The maximum atomic E-state index is 12.3. The molecule has 0 bridgehead atoms. The summed E-state index contributed by atoms with van der Waals surface area (Å²) in [6.07, 6.45) is 2.50. The number of hydrogen-bond donors (Lipinski definition) is 3. The molecule has 6 heteroatoms. The van der Waals surface area contributed by atoms with Gasteiger partial charge in [-0.15, -0.1) is 0 Å². The standard InChI is InChI=1S/C17H16O6/c1-22-11-8-14(20)16(15(9-11)23-2)12(18)7-6-10-4-3-5-13(19)17(10)21/h3-9,19-21H,1-2H3/b7-6+. The van der Waals surface area contributed by atoms with Gasteiger partial charge in [0.05, 0.1) is 14.2 Å². The fourth-order valence-electron chi connectivity index (χ4n) is 2.03. The largest absolute Gasteiger partial charge is 0.507 e. The third kappa shape index (κ3) is 3.37. The Kier molecular flexibility index (Phi) is 4.75. The molecule has 0 aliphatic heterocycles. The molecule has 23 heavy (non-hydrogen) atoms. The highest BCUT2D eigenvalue weighted by molar-refractivity contribution is 6.10. The van der Waals surface area contributed by atoms with Crippen molar-refractivity contribution in [2.45, 2.75) is 0 Å². The van der Waals surface area contributed by atoms with E-state index in [1.54, 1.807) is 0 Å². The number of hydrogen-bond acceptors (Lipinski definition) is 6. The summed E-state index contributed by atoms with van der Waals surface area (Å²) in [7, 11) is 2.80. The van der Waals surface area contributed by atoms with Crippen LogP contribution in [0.4, 0.5) is 0 Å². The molecule has 0 amide bonds. The van der Waals surface area contributed by atoms with Crippen LogP contribution in [0.1, 0.15) is 15.9 Å². The molecule has 0 saturated heterocycles. The van der Waals surface area contributed by atoms with Gasteiger partial charge in [-0.25, -0.2) is 0 Å². The van der Waals surface area contributed by atoms with Crippen LogP contribution in [0.3, 0.4) is 0 Å². The number of phenols is 3. The average molecular weight is 316 g/mol. The lowest BCUT2D eigenvalue weighted by Gasteiger charge is -2.10. The van der Waals surface area contributed by atoms with E-state index in [0.717, 1.165) is 0 Å². The van der Waals surface area contributed by atoms with E-state index in [0.29, 0.717) is 5.75 Å². The van der Waals surface area contributed by atoms with Gasteiger partial charge >= 0.3 is 0 Å². The second kappa shape index (κ2) is 6.74. The maximum absolute atomic E-state index is 12.3. The van der Waals surface area contributed by atoms with Crippen molar-refractivity contribution in [2.75, 3.05) is 14.2 Å². The lowest BCUT2D eigenvalue weighted by Crippen LogP contribution is -2.00.